The van der Waals surface area contributed by atoms with E-state index in [4.69, 9.17) is 9.47 Å². The van der Waals surface area contributed by atoms with Gasteiger partial charge in [-0.3, -0.25) is 0 Å². The van der Waals surface area contributed by atoms with Gasteiger partial charge in [-0.15, -0.1) is 0 Å². The molecule has 0 saturated carbocycles. The van der Waals surface area contributed by atoms with E-state index in [2.05, 4.69) is 13.8 Å². The summed E-state index contributed by atoms with van der Waals surface area (Å²) < 4.78 is 11.4. The van der Waals surface area contributed by atoms with Crippen molar-refractivity contribution < 1.29 is 9.47 Å². The van der Waals surface area contributed by atoms with Gasteiger partial charge in [-0.05, 0) is 25.0 Å². The molecule has 0 unspecified atom stereocenters. The van der Waals surface area contributed by atoms with E-state index < -0.39 is 0 Å². The van der Waals surface area contributed by atoms with E-state index in [9.17, 15) is 0 Å². The van der Waals surface area contributed by atoms with Gasteiger partial charge in [0.2, 0.25) is 0 Å². The average molecular weight is 222 g/mol. The van der Waals surface area contributed by atoms with Crippen LogP contribution >= 0.6 is 0 Å². The zero-order valence-electron chi connectivity index (χ0n) is 10.4. The van der Waals surface area contributed by atoms with Crippen LogP contribution in [0.3, 0.4) is 0 Å². The molecule has 1 rings (SSSR count). The Morgan fingerprint density at radius 3 is 1.62 bits per heavy atom. The number of hydrogen-bond acceptors (Lipinski definition) is 2. The molecule has 0 N–H and O–H groups in total. The molecule has 0 amide bonds. The SMILES string of the molecule is CCCCOc1ccccc1OCCCC. The molecule has 0 fully saturated rings. The first-order valence-corrected chi connectivity index (χ1v) is 6.23. The largest absolute Gasteiger partial charge is 0.490 e. The van der Waals surface area contributed by atoms with Gasteiger partial charge in [0.05, 0.1) is 13.2 Å². The maximum absolute atomic E-state index is 5.68. The van der Waals surface area contributed by atoms with Gasteiger partial charge >= 0.3 is 0 Å². The van der Waals surface area contributed by atoms with Crippen molar-refractivity contribution >= 4 is 0 Å². The van der Waals surface area contributed by atoms with Crippen LogP contribution in [0, 0.1) is 0 Å². The van der Waals surface area contributed by atoms with E-state index in [1.54, 1.807) is 0 Å². The smallest absolute Gasteiger partial charge is 0.161 e. The topological polar surface area (TPSA) is 18.5 Å². The second-order valence-electron chi connectivity index (χ2n) is 3.85. The number of rotatable bonds is 8. The number of ether oxygens (including phenoxy) is 2. The average Bonchev–Trinajstić information content (AvgIpc) is 2.32. The summed E-state index contributed by atoms with van der Waals surface area (Å²) in [5.74, 6) is 1.74. The Bertz CT molecular complexity index is 255. The number of unbranched alkanes of at least 4 members (excludes halogenated alkanes) is 2. The van der Waals surface area contributed by atoms with Crippen LogP contribution in [-0.4, -0.2) is 13.2 Å². The molecule has 1 aromatic rings. The Hall–Kier alpha value is -1.18. The van der Waals surface area contributed by atoms with Crippen LogP contribution in [-0.2, 0) is 0 Å². The molecule has 0 aliphatic carbocycles. The summed E-state index contributed by atoms with van der Waals surface area (Å²) in [4.78, 5) is 0. The van der Waals surface area contributed by atoms with Crippen LogP contribution in [0.5, 0.6) is 11.5 Å². The Kier molecular flexibility index (Phi) is 6.47. The molecule has 0 saturated heterocycles. The highest BCUT2D eigenvalue weighted by Crippen LogP contribution is 2.26. The molecular formula is C14H22O2. The standard InChI is InChI=1S/C14H22O2/c1-3-5-11-15-13-9-7-8-10-14(13)16-12-6-4-2/h7-10H,3-6,11-12H2,1-2H3. The minimum Gasteiger partial charge on any atom is -0.490 e. The fourth-order valence-corrected chi connectivity index (χ4v) is 1.34. The van der Waals surface area contributed by atoms with Crippen LogP contribution in [0.4, 0.5) is 0 Å². The summed E-state index contributed by atoms with van der Waals surface area (Å²) in [6.07, 6.45) is 4.48. The quantitative estimate of drug-likeness (QED) is 0.618. The maximum atomic E-state index is 5.68. The first kappa shape index (κ1) is 12.9. The molecule has 2 heteroatoms. The highest BCUT2D eigenvalue weighted by molar-refractivity contribution is 5.39. The van der Waals surface area contributed by atoms with Gasteiger partial charge in [-0.25, -0.2) is 0 Å². The summed E-state index contributed by atoms with van der Waals surface area (Å²) in [5, 5.41) is 0. The molecule has 0 bridgehead atoms. The lowest BCUT2D eigenvalue weighted by molar-refractivity contribution is 0.262. The predicted molar refractivity (Wildman–Crippen MR) is 67.2 cm³/mol. The van der Waals surface area contributed by atoms with Crippen LogP contribution in [0.15, 0.2) is 24.3 Å². The van der Waals surface area contributed by atoms with Crippen molar-refractivity contribution in [2.24, 2.45) is 0 Å². The van der Waals surface area contributed by atoms with Crippen LogP contribution < -0.4 is 9.47 Å². The van der Waals surface area contributed by atoms with E-state index in [-0.39, 0.29) is 0 Å². The molecule has 1 aromatic carbocycles. The van der Waals surface area contributed by atoms with Crippen molar-refractivity contribution in [3.05, 3.63) is 24.3 Å². The lowest BCUT2D eigenvalue weighted by Crippen LogP contribution is -2.01. The minimum atomic E-state index is 0.769. The summed E-state index contributed by atoms with van der Waals surface area (Å²) in [7, 11) is 0. The monoisotopic (exact) mass is 222 g/mol. The summed E-state index contributed by atoms with van der Waals surface area (Å²) >= 11 is 0. The van der Waals surface area contributed by atoms with Gasteiger partial charge in [0.25, 0.3) is 0 Å². The molecule has 0 aliphatic rings. The van der Waals surface area contributed by atoms with Gasteiger partial charge < -0.3 is 9.47 Å². The van der Waals surface area contributed by atoms with Crippen LogP contribution in [0.2, 0.25) is 0 Å². The maximum Gasteiger partial charge on any atom is 0.161 e. The van der Waals surface area contributed by atoms with E-state index in [0.717, 1.165) is 50.4 Å². The van der Waals surface area contributed by atoms with Crippen molar-refractivity contribution in [1.82, 2.24) is 0 Å². The predicted octanol–water partition coefficient (Wildman–Crippen LogP) is 4.04. The fourth-order valence-electron chi connectivity index (χ4n) is 1.34. The lowest BCUT2D eigenvalue weighted by atomic mass is 10.3. The zero-order chi connectivity index (χ0) is 11.6. The molecule has 0 heterocycles. The summed E-state index contributed by atoms with van der Waals surface area (Å²) in [5.41, 5.74) is 0. The summed E-state index contributed by atoms with van der Waals surface area (Å²) in [6, 6.07) is 7.90. The second-order valence-corrected chi connectivity index (χ2v) is 3.85. The molecule has 90 valence electrons. The van der Waals surface area contributed by atoms with E-state index in [1.165, 1.54) is 0 Å². The van der Waals surface area contributed by atoms with Crippen LogP contribution in [0.1, 0.15) is 39.5 Å². The summed E-state index contributed by atoms with van der Waals surface area (Å²) in [6.45, 7) is 5.86. The van der Waals surface area contributed by atoms with Gasteiger partial charge in [0.15, 0.2) is 11.5 Å². The first-order chi connectivity index (χ1) is 7.88. The Morgan fingerprint density at radius 2 is 1.25 bits per heavy atom. The van der Waals surface area contributed by atoms with E-state index in [1.807, 2.05) is 24.3 Å². The fraction of sp³-hybridized carbons (Fsp3) is 0.571. The third kappa shape index (κ3) is 4.56. The molecule has 0 aromatic heterocycles. The van der Waals surface area contributed by atoms with Crippen molar-refractivity contribution in [3.8, 4) is 11.5 Å². The highest BCUT2D eigenvalue weighted by atomic mass is 16.5. The first-order valence-electron chi connectivity index (χ1n) is 6.23. The molecule has 0 spiro atoms. The minimum absolute atomic E-state index is 0.769. The third-order valence-corrected chi connectivity index (χ3v) is 2.36. The highest BCUT2D eigenvalue weighted by Gasteiger charge is 2.02. The van der Waals surface area contributed by atoms with Gasteiger partial charge in [0.1, 0.15) is 0 Å². The second kappa shape index (κ2) is 8.03. The van der Waals surface area contributed by atoms with Crippen LogP contribution in [0.25, 0.3) is 0 Å². The molecular weight excluding hydrogens is 200 g/mol. The van der Waals surface area contributed by atoms with Crippen molar-refractivity contribution in [1.29, 1.82) is 0 Å². The number of hydrogen-bond donors (Lipinski definition) is 0. The third-order valence-electron chi connectivity index (χ3n) is 2.36. The molecule has 16 heavy (non-hydrogen) atoms. The molecule has 2 nitrogen and oxygen atoms in total. The van der Waals surface area contributed by atoms with Gasteiger partial charge in [-0.1, -0.05) is 38.8 Å². The van der Waals surface area contributed by atoms with Crippen molar-refractivity contribution in [2.75, 3.05) is 13.2 Å². The molecule has 0 atom stereocenters. The normalized spacial score (nSPS) is 10.1. The Labute approximate surface area is 98.6 Å². The molecule has 0 aliphatic heterocycles. The Morgan fingerprint density at radius 1 is 0.812 bits per heavy atom. The van der Waals surface area contributed by atoms with Gasteiger partial charge in [-0.2, -0.15) is 0 Å². The van der Waals surface area contributed by atoms with E-state index >= 15 is 0 Å². The number of benzene rings is 1. The van der Waals surface area contributed by atoms with E-state index in [0.29, 0.717) is 0 Å². The number of para-hydroxylation sites is 2. The Balaban J connectivity index is 2.46. The lowest BCUT2D eigenvalue weighted by Gasteiger charge is -2.11. The van der Waals surface area contributed by atoms with Crippen molar-refractivity contribution in [2.45, 2.75) is 39.5 Å². The van der Waals surface area contributed by atoms with Gasteiger partial charge in [0, 0.05) is 0 Å². The molecule has 0 radical (unpaired) electrons. The van der Waals surface area contributed by atoms with Crippen molar-refractivity contribution in [3.63, 3.8) is 0 Å². The zero-order valence-corrected chi connectivity index (χ0v) is 10.4.